The molecule has 0 saturated heterocycles. The van der Waals surface area contributed by atoms with E-state index in [4.69, 9.17) is 11.6 Å². The average Bonchev–Trinajstić information content (AvgIpc) is 2.36. The minimum atomic E-state index is 0.342. The predicted molar refractivity (Wildman–Crippen MR) is 82.6 cm³/mol. The zero-order chi connectivity index (χ0) is 13.8. The lowest BCUT2D eigenvalue weighted by Crippen LogP contribution is -2.18. The van der Waals surface area contributed by atoms with Gasteiger partial charge in [0.2, 0.25) is 0 Å². The second kappa shape index (κ2) is 6.23. The zero-order valence-corrected chi connectivity index (χ0v) is 12.5. The Morgan fingerprint density at radius 1 is 1.00 bits per heavy atom. The highest BCUT2D eigenvalue weighted by atomic mass is 35.5. The van der Waals surface area contributed by atoms with Gasteiger partial charge in [0.1, 0.15) is 0 Å². The van der Waals surface area contributed by atoms with E-state index in [-0.39, 0.29) is 0 Å². The summed E-state index contributed by atoms with van der Waals surface area (Å²) in [6.45, 7) is 7.33. The highest BCUT2D eigenvalue weighted by molar-refractivity contribution is 6.30. The standard InChI is InChI=1S/C17H20ClN/c1-12-8-13(2)10-16(9-12)14(3)19-11-15-4-6-17(18)7-5-15/h4-10,14,19H,11H2,1-3H3. The first-order chi connectivity index (χ1) is 9.04. The van der Waals surface area contributed by atoms with Crippen molar-refractivity contribution >= 4 is 11.6 Å². The molecule has 2 aromatic carbocycles. The van der Waals surface area contributed by atoms with E-state index >= 15 is 0 Å². The summed E-state index contributed by atoms with van der Waals surface area (Å²) in [6.07, 6.45) is 0. The first-order valence-electron chi connectivity index (χ1n) is 6.60. The van der Waals surface area contributed by atoms with Crippen LogP contribution in [0, 0.1) is 13.8 Å². The molecule has 0 aliphatic heterocycles. The van der Waals surface area contributed by atoms with Crippen LogP contribution >= 0.6 is 11.6 Å². The summed E-state index contributed by atoms with van der Waals surface area (Å²) >= 11 is 5.88. The first-order valence-corrected chi connectivity index (χ1v) is 6.98. The first kappa shape index (κ1) is 14.1. The quantitative estimate of drug-likeness (QED) is 0.843. The minimum Gasteiger partial charge on any atom is -0.306 e. The van der Waals surface area contributed by atoms with Gasteiger partial charge in [0.05, 0.1) is 0 Å². The highest BCUT2D eigenvalue weighted by Crippen LogP contribution is 2.17. The number of benzene rings is 2. The minimum absolute atomic E-state index is 0.342. The van der Waals surface area contributed by atoms with Crippen LogP contribution < -0.4 is 5.32 Å². The summed E-state index contributed by atoms with van der Waals surface area (Å²) in [5, 5.41) is 4.33. The molecule has 2 heteroatoms. The van der Waals surface area contributed by atoms with E-state index in [1.165, 1.54) is 22.3 Å². The summed E-state index contributed by atoms with van der Waals surface area (Å²) in [6, 6.07) is 15.0. The van der Waals surface area contributed by atoms with Crippen molar-refractivity contribution in [1.82, 2.24) is 5.32 Å². The van der Waals surface area contributed by atoms with Gasteiger partial charge < -0.3 is 5.32 Å². The number of hydrogen-bond acceptors (Lipinski definition) is 1. The van der Waals surface area contributed by atoms with Crippen LogP contribution in [0.3, 0.4) is 0 Å². The Labute approximate surface area is 120 Å². The van der Waals surface area contributed by atoms with E-state index in [9.17, 15) is 0 Å². The van der Waals surface area contributed by atoms with E-state index in [0.717, 1.165) is 11.6 Å². The van der Waals surface area contributed by atoms with Crippen molar-refractivity contribution in [3.63, 3.8) is 0 Å². The maximum Gasteiger partial charge on any atom is 0.0406 e. The van der Waals surface area contributed by atoms with E-state index in [0.29, 0.717) is 6.04 Å². The molecule has 1 atom stereocenters. The summed E-state index contributed by atoms with van der Waals surface area (Å²) in [5.74, 6) is 0. The molecule has 0 fully saturated rings. The molecule has 0 bridgehead atoms. The van der Waals surface area contributed by atoms with Crippen LogP contribution in [0.25, 0.3) is 0 Å². The Morgan fingerprint density at radius 3 is 2.16 bits per heavy atom. The molecule has 1 unspecified atom stereocenters. The van der Waals surface area contributed by atoms with Crippen molar-refractivity contribution in [2.45, 2.75) is 33.4 Å². The molecule has 19 heavy (non-hydrogen) atoms. The fraction of sp³-hybridized carbons (Fsp3) is 0.294. The third-order valence-electron chi connectivity index (χ3n) is 3.27. The van der Waals surface area contributed by atoms with Gasteiger partial charge in [-0.05, 0) is 44.0 Å². The van der Waals surface area contributed by atoms with Crippen LogP contribution in [0.15, 0.2) is 42.5 Å². The van der Waals surface area contributed by atoms with Gasteiger partial charge in [-0.2, -0.15) is 0 Å². The van der Waals surface area contributed by atoms with Crippen molar-refractivity contribution in [2.75, 3.05) is 0 Å². The second-order valence-electron chi connectivity index (χ2n) is 5.15. The van der Waals surface area contributed by atoms with Gasteiger partial charge in [-0.3, -0.25) is 0 Å². The van der Waals surface area contributed by atoms with E-state index in [2.05, 4.69) is 56.4 Å². The summed E-state index contributed by atoms with van der Waals surface area (Å²) in [7, 11) is 0. The summed E-state index contributed by atoms with van der Waals surface area (Å²) in [5.41, 5.74) is 5.22. The molecule has 1 N–H and O–H groups in total. The van der Waals surface area contributed by atoms with Gasteiger partial charge >= 0.3 is 0 Å². The molecule has 0 heterocycles. The van der Waals surface area contributed by atoms with E-state index < -0.39 is 0 Å². The van der Waals surface area contributed by atoms with Crippen molar-refractivity contribution in [2.24, 2.45) is 0 Å². The van der Waals surface area contributed by atoms with Gasteiger partial charge in [0.15, 0.2) is 0 Å². The third kappa shape index (κ3) is 4.09. The zero-order valence-electron chi connectivity index (χ0n) is 11.7. The monoisotopic (exact) mass is 273 g/mol. The highest BCUT2D eigenvalue weighted by Gasteiger charge is 2.06. The van der Waals surface area contributed by atoms with Crippen LogP contribution in [0.2, 0.25) is 5.02 Å². The molecule has 0 spiro atoms. The molecular formula is C17H20ClN. The maximum absolute atomic E-state index is 5.88. The Kier molecular flexibility index (Phi) is 4.62. The Bertz CT molecular complexity index is 525. The van der Waals surface area contributed by atoms with Crippen molar-refractivity contribution < 1.29 is 0 Å². The molecule has 0 aliphatic carbocycles. The van der Waals surface area contributed by atoms with Crippen LogP contribution in [-0.2, 0) is 6.54 Å². The maximum atomic E-state index is 5.88. The second-order valence-corrected chi connectivity index (χ2v) is 5.59. The molecule has 0 aromatic heterocycles. The Balaban J connectivity index is 2.00. The smallest absolute Gasteiger partial charge is 0.0406 e. The molecule has 2 aromatic rings. The molecular weight excluding hydrogens is 254 g/mol. The number of nitrogens with one attached hydrogen (secondary N) is 1. The lowest BCUT2D eigenvalue weighted by atomic mass is 10.0. The average molecular weight is 274 g/mol. The lowest BCUT2D eigenvalue weighted by molar-refractivity contribution is 0.574. The Hall–Kier alpha value is -1.31. The van der Waals surface area contributed by atoms with Gasteiger partial charge in [0.25, 0.3) is 0 Å². The SMILES string of the molecule is Cc1cc(C)cc(C(C)NCc2ccc(Cl)cc2)c1. The molecule has 1 nitrogen and oxygen atoms in total. The van der Waals surface area contributed by atoms with Crippen LogP contribution in [-0.4, -0.2) is 0 Å². The molecule has 0 radical (unpaired) electrons. The number of aryl methyl sites for hydroxylation is 2. The van der Waals surface area contributed by atoms with E-state index in [1.54, 1.807) is 0 Å². The molecule has 0 saturated carbocycles. The fourth-order valence-electron chi connectivity index (χ4n) is 2.25. The molecule has 100 valence electrons. The predicted octanol–water partition coefficient (Wildman–Crippen LogP) is 4.81. The van der Waals surface area contributed by atoms with Crippen molar-refractivity contribution in [3.05, 3.63) is 69.7 Å². The summed E-state index contributed by atoms with van der Waals surface area (Å²) in [4.78, 5) is 0. The molecule has 0 amide bonds. The molecule has 2 rings (SSSR count). The normalized spacial score (nSPS) is 12.4. The topological polar surface area (TPSA) is 12.0 Å². The van der Waals surface area contributed by atoms with Crippen molar-refractivity contribution in [1.29, 1.82) is 0 Å². The third-order valence-corrected chi connectivity index (χ3v) is 3.52. The van der Waals surface area contributed by atoms with Crippen LogP contribution in [0.4, 0.5) is 0 Å². The van der Waals surface area contributed by atoms with Gasteiger partial charge in [-0.25, -0.2) is 0 Å². The fourth-order valence-corrected chi connectivity index (χ4v) is 2.38. The van der Waals surface area contributed by atoms with Gasteiger partial charge in [-0.15, -0.1) is 0 Å². The Morgan fingerprint density at radius 2 is 1.58 bits per heavy atom. The number of hydrogen-bond donors (Lipinski definition) is 1. The number of halogens is 1. The van der Waals surface area contributed by atoms with Gasteiger partial charge in [0, 0.05) is 17.6 Å². The lowest BCUT2D eigenvalue weighted by Gasteiger charge is -2.16. The number of rotatable bonds is 4. The van der Waals surface area contributed by atoms with Gasteiger partial charge in [-0.1, -0.05) is 53.1 Å². The summed E-state index contributed by atoms with van der Waals surface area (Å²) < 4.78 is 0. The van der Waals surface area contributed by atoms with Crippen molar-refractivity contribution in [3.8, 4) is 0 Å². The van der Waals surface area contributed by atoms with E-state index in [1.807, 2.05) is 12.1 Å². The largest absolute Gasteiger partial charge is 0.306 e. The molecule has 0 aliphatic rings. The van der Waals surface area contributed by atoms with Crippen LogP contribution in [0.5, 0.6) is 0 Å². The van der Waals surface area contributed by atoms with Crippen LogP contribution in [0.1, 0.15) is 35.2 Å².